The lowest BCUT2D eigenvalue weighted by atomic mass is 9.87. The van der Waals surface area contributed by atoms with E-state index in [2.05, 4.69) is 38.2 Å². The summed E-state index contributed by atoms with van der Waals surface area (Å²) in [5, 5.41) is 3.20. The Hall–Kier alpha value is -3.47. The predicted molar refractivity (Wildman–Crippen MR) is 117 cm³/mol. The maximum atomic E-state index is 13.2. The van der Waals surface area contributed by atoms with E-state index in [1.165, 1.54) is 22.6 Å². The zero-order valence-electron chi connectivity index (χ0n) is 17.2. The summed E-state index contributed by atoms with van der Waals surface area (Å²) in [6.07, 6.45) is 0. The summed E-state index contributed by atoms with van der Waals surface area (Å²) in [5.41, 5.74) is 4.41. The maximum absolute atomic E-state index is 13.2. The molecule has 0 bridgehead atoms. The second-order valence-electron chi connectivity index (χ2n) is 8.50. The van der Waals surface area contributed by atoms with E-state index in [0.29, 0.717) is 29.2 Å². The van der Waals surface area contributed by atoms with Crippen LogP contribution in [0.5, 0.6) is 0 Å². The van der Waals surface area contributed by atoms with Crippen LogP contribution in [0.4, 0.5) is 21.5 Å². The number of hydrogen-bond acceptors (Lipinski definition) is 3. The molecule has 0 saturated heterocycles. The van der Waals surface area contributed by atoms with Gasteiger partial charge in [-0.05, 0) is 52.9 Å². The second kappa shape index (κ2) is 7.41. The Kier molecular flexibility index (Phi) is 4.90. The average Bonchev–Trinajstić information content (AvgIpc) is 2.95. The number of ketones is 1. The molecular weight excluding hydrogens is 379 g/mol. The maximum Gasteiger partial charge on any atom is 0.299 e. The van der Waals surface area contributed by atoms with Crippen LogP contribution in [0.1, 0.15) is 42.3 Å². The number of rotatable bonds is 4. The third kappa shape index (κ3) is 3.71. The molecule has 152 valence electrons. The summed E-state index contributed by atoms with van der Waals surface area (Å²) >= 11 is 0. The Morgan fingerprint density at radius 2 is 1.57 bits per heavy atom. The highest BCUT2D eigenvalue weighted by molar-refractivity contribution is 6.52. The number of nitrogens with zero attached hydrogens (tertiary/aromatic N) is 1. The van der Waals surface area contributed by atoms with Crippen LogP contribution in [0.15, 0.2) is 66.7 Å². The summed E-state index contributed by atoms with van der Waals surface area (Å²) in [4.78, 5) is 26.8. The third-order valence-corrected chi connectivity index (χ3v) is 5.27. The van der Waals surface area contributed by atoms with Crippen LogP contribution in [0.25, 0.3) is 0 Å². The largest absolute Gasteiger partial charge is 0.354 e. The van der Waals surface area contributed by atoms with Gasteiger partial charge in [0.15, 0.2) is 0 Å². The van der Waals surface area contributed by atoms with Crippen molar-refractivity contribution in [3.05, 3.63) is 89.2 Å². The summed E-state index contributed by atoms with van der Waals surface area (Å²) in [5.74, 6) is -1.39. The van der Waals surface area contributed by atoms with Crippen LogP contribution >= 0.6 is 0 Å². The highest BCUT2D eigenvalue weighted by Gasteiger charge is 2.37. The van der Waals surface area contributed by atoms with Crippen molar-refractivity contribution in [2.45, 2.75) is 32.7 Å². The summed E-state index contributed by atoms with van der Waals surface area (Å²) in [6.45, 7) is 6.74. The number of hydrogen-bond donors (Lipinski definition) is 1. The number of carbonyl (C=O) groups is 2. The van der Waals surface area contributed by atoms with Gasteiger partial charge in [0, 0.05) is 5.69 Å². The van der Waals surface area contributed by atoms with Crippen LogP contribution in [0.2, 0.25) is 0 Å². The zero-order valence-corrected chi connectivity index (χ0v) is 17.2. The van der Waals surface area contributed by atoms with Crippen molar-refractivity contribution in [2.75, 3.05) is 10.2 Å². The molecule has 1 heterocycles. The van der Waals surface area contributed by atoms with Gasteiger partial charge in [0.2, 0.25) is 0 Å². The van der Waals surface area contributed by atoms with Gasteiger partial charge < -0.3 is 5.32 Å². The van der Waals surface area contributed by atoms with Crippen molar-refractivity contribution < 1.29 is 14.0 Å². The van der Waals surface area contributed by atoms with Crippen molar-refractivity contribution >= 4 is 28.8 Å². The fourth-order valence-electron chi connectivity index (χ4n) is 3.59. The molecule has 1 N–H and O–H groups in total. The standard InChI is InChI=1S/C25H23FN2O2/c1-25(2,3)17-9-7-16(8-10-17)15-28-22-20(23(29)24(28)30)5-4-6-21(22)27-19-13-11-18(26)12-14-19/h4-14,27H,15H2,1-3H3. The number of para-hydroxylation sites is 1. The second-order valence-corrected chi connectivity index (χ2v) is 8.50. The lowest BCUT2D eigenvalue weighted by molar-refractivity contribution is -0.114. The molecule has 1 aliphatic rings. The van der Waals surface area contributed by atoms with E-state index in [1.54, 1.807) is 24.3 Å². The van der Waals surface area contributed by atoms with E-state index >= 15 is 0 Å². The molecule has 0 aromatic heterocycles. The van der Waals surface area contributed by atoms with Crippen LogP contribution < -0.4 is 10.2 Å². The molecule has 1 aliphatic heterocycles. The first-order chi connectivity index (χ1) is 14.2. The molecule has 0 unspecified atom stereocenters. The highest BCUT2D eigenvalue weighted by Crippen LogP contribution is 2.38. The van der Waals surface area contributed by atoms with Crippen LogP contribution in [-0.2, 0) is 16.8 Å². The Labute approximate surface area is 175 Å². The molecule has 5 heteroatoms. The summed E-state index contributed by atoms with van der Waals surface area (Å²) < 4.78 is 13.2. The van der Waals surface area contributed by atoms with Crippen molar-refractivity contribution in [3.63, 3.8) is 0 Å². The smallest absolute Gasteiger partial charge is 0.299 e. The van der Waals surface area contributed by atoms with Gasteiger partial charge in [-0.3, -0.25) is 14.5 Å². The Balaban J connectivity index is 1.67. The Morgan fingerprint density at radius 3 is 2.20 bits per heavy atom. The molecule has 0 atom stereocenters. The minimum absolute atomic E-state index is 0.0385. The lowest BCUT2D eigenvalue weighted by Gasteiger charge is -2.22. The number of Topliss-reactive ketones (excluding diaryl/α,β-unsaturated/α-hetero) is 1. The fraction of sp³-hybridized carbons (Fsp3) is 0.200. The van der Waals surface area contributed by atoms with Gasteiger partial charge in [0.1, 0.15) is 5.82 Å². The van der Waals surface area contributed by atoms with E-state index in [4.69, 9.17) is 0 Å². The molecule has 30 heavy (non-hydrogen) atoms. The molecule has 0 aliphatic carbocycles. The van der Waals surface area contributed by atoms with Gasteiger partial charge in [-0.2, -0.15) is 0 Å². The van der Waals surface area contributed by atoms with Crippen molar-refractivity contribution in [3.8, 4) is 0 Å². The highest BCUT2D eigenvalue weighted by atomic mass is 19.1. The van der Waals surface area contributed by atoms with Crippen molar-refractivity contribution in [1.82, 2.24) is 0 Å². The third-order valence-electron chi connectivity index (χ3n) is 5.27. The molecule has 4 rings (SSSR count). The average molecular weight is 402 g/mol. The minimum atomic E-state index is -0.543. The van der Waals surface area contributed by atoms with Crippen LogP contribution in [0, 0.1) is 5.82 Å². The molecule has 0 radical (unpaired) electrons. The Bertz CT molecular complexity index is 1110. The fourth-order valence-corrected chi connectivity index (χ4v) is 3.59. The molecule has 1 amide bonds. The van der Waals surface area contributed by atoms with E-state index in [1.807, 2.05) is 18.2 Å². The van der Waals surface area contributed by atoms with Crippen LogP contribution in [0.3, 0.4) is 0 Å². The normalized spacial score (nSPS) is 13.5. The number of halogens is 1. The topological polar surface area (TPSA) is 49.4 Å². The quantitative estimate of drug-likeness (QED) is 0.578. The van der Waals surface area contributed by atoms with Crippen molar-refractivity contribution in [2.24, 2.45) is 0 Å². The molecule has 3 aromatic carbocycles. The predicted octanol–water partition coefficient (Wildman–Crippen LogP) is 5.60. The number of anilines is 3. The van der Waals surface area contributed by atoms with Gasteiger partial charge in [0.05, 0.1) is 23.5 Å². The van der Waals surface area contributed by atoms with Gasteiger partial charge in [0.25, 0.3) is 11.7 Å². The number of fused-ring (bicyclic) bond motifs is 1. The van der Waals surface area contributed by atoms with E-state index in [0.717, 1.165) is 5.56 Å². The number of benzene rings is 3. The monoisotopic (exact) mass is 402 g/mol. The SMILES string of the molecule is CC(C)(C)c1ccc(CN2C(=O)C(=O)c3cccc(Nc4ccc(F)cc4)c32)cc1. The molecule has 4 nitrogen and oxygen atoms in total. The first kappa shape index (κ1) is 19.8. The summed E-state index contributed by atoms with van der Waals surface area (Å²) in [6, 6.07) is 19.2. The molecule has 0 spiro atoms. The first-order valence-electron chi connectivity index (χ1n) is 9.85. The Morgan fingerprint density at radius 1 is 0.900 bits per heavy atom. The van der Waals surface area contributed by atoms with E-state index < -0.39 is 11.7 Å². The van der Waals surface area contributed by atoms with Crippen LogP contribution in [-0.4, -0.2) is 11.7 Å². The number of nitrogens with one attached hydrogen (secondary N) is 1. The molecule has 3 aromatic rings. The molecular formula is C25H23FN2O2. The number of carbonyl (C=O) groups excluding carboxylic acids is 2. The zero-order chi connectivity index (χ0) is 21.5. The molecule has 0 saturated carbocycles. The summed E-state index contributed by atoms with van der Waals surface area (Å²) in [7, 11) is 0. The van der Waals surface area contributed by atoms with Gasteiger partial charge in [-0.15, -0.1) is 0 Å². The van der Waals surface area contributed by atoms with Gasteiger partial charge in [-0.25, -0.2) is 4.39 Å². The molecule has 0 fully saturated rings. The minimum Gasteiger partial charge on any atom is -0.354 e. The van der Waals surface area contributed by atoms with Crippen molar-refractivity contribution in [1.29, 1.82) is 0 Å². The lowest BCUT2D eigenvalue weighted by Crippen LogP contribution is -2.29. The van der Waals surface area contributed by atoms with Gasteiger partial charge in [-0.1, -0.05) is 51.1 Å². The van der Waals surface area contributed by atoms with Gasteiger partial charge >= 0.3 is 0 Å². The van der Waals surface area contributed by atoms with E-state index in [-0.39, 0.29) is 11.2 Å². The van der Waals surface area contributed by atoms with E-state index in [9.17, 15) is 14.0 Å². The first-order valence-corrected chi connectivity index (χ1v) is 9.85. The number of amides is 1.